The molecule has 0 atom stereocenters. The third kappa shape index (κ3) is 6.42. The van der Waals surface area contributed by atoms with Crippen LogP contribution in [0.3, 0.4) is 0 Å². The normalized spacial score (nSPS) is 14.8. The minimum absolute atomic E-state index is 0.340. The summed E-state index contributed by atoms with van der Waals surface area (Å²) in [7, 11) is 1.36. The SMILES string of the molecule is COC(=O)c1nc(C#CCCCN2CCN(Cc3ccccc3)CC2)ccc1C. The molecule has 0 N–H and O–H groups in total. The minimum atomic E-state index is -0.419. The molecule has 5 heteroatoms. The number of benzene rings is 1. The van der Waals surface area contributed by atoms with E-state index >= 15 is 0 Å². The van der Waals surface area contributed by atoms with Crippen LogP contribution in [0, 0.1) is 18.8 Å². The van der Waals surface area contributed by atoms with E-state index in [1.54, 1.807) is 0 Å². The van der Waals surface area contributed by atoms with Gasteiger partial charge >= 0.3 is 5.97 Å². The molecule has 0 unspecified atom stereocenters. The van der Waals surface area contributed by atoms with Crippen molar-refractivity contribution in [2.24, 2.45) is 0 Å². The summed E-state index contributed by atoms with van der Waals surface area (Å²) in [5, 5.41) is 0. The summed E-state index contributed by atoms with van der Waals surface area (Å²) in [4.78, 5) is 21.1. The van der Waals surface area contributed by atoms with E-state index in [1.165, 1.54) is 12.7 Å². The molecule has 2 aromatic rings. The molecule has 152 valence electrons. The molecule has 0 radical (unpaired) electrons. The molecule has 1 aliphatic rings. The van der Waals surface area contributed by atoms with Gasteiger partial charge in [0.2, 0.25) is 0 Å². The van der Waals surface area contributed by atoms with Gasteiger partial charge in [0.15, 0.2) is 5.69 Å². The van der Waals surface area contributed by atoms with E-state index in [9.17, 15) is 4.79 Å². The molecule has 2 heterocycles. The number of carbonyl (C=O) groups excluding carboxylic acids is 1. The molecular weight excluding hydrogens is 362 g/mol. The maximum absolute atomic E-state index is 11.7. The van der Waals surface area contributed by atoms with E-state index < -0.39 is 5.97 Å². The van der Waals surface area contributed by atoms with Crippen molar-refractivity contribution in [1.82, 2.24) is 14.8 Å². The number of hydrogen-bond acceptors (Lipinski definition) is 5. The van der Waals surface area contributed by atoms with Gasteiger partial charge in [-0.3, -0.25) is 4.90 Å². The molecule has 1 aliphatic heterocycles. The first kappa shape index (κ1) is 21.0. The number of carbonyl (C=O) groups is 1. The monoisotopic (exact) mass is 391 g/mol. The van der Waals surface area contributed by atoms with Crippen LogP contribution in [0.1, 0.15) is 40.2 Å². The highest BCUT2D eigenvalue weighted by Gasteiger charge is 2.16. The van der Waals surface area contributed by atoms with Crippen LogP contribution in [0.4, 0.5) is 0 Å². The molecule has 1 aromatic carbocycles. The van der Waals surface area contributed by atoms with Crippen molar-refractivity contribution < 1.29 is 9.53 Å². The van der Waals surface area contributed by atoms with Crippen LogP contribution in [0.5, 0.6) is 0 Å². The van der Waals surface area contributed by atoms with E-state index in [1.807, 2.05) is 19.1 Å². The van der Waals surface area contributed by atoms with Crippen LogP contribution in [-0.2, 0) is 11.3 Å². The number of ether oxygens (including phenoxy) is 1. The number of aryl methyl sites for hydroxylation is 1. The molecule has 0 spiro atoms. The lowest BCUT2D eigenvalue weighted by molar-refractivity contribution is 0.0593. The highest BCUT2D eigenvalue weighted by Crippen LogP contribution is 2.10. The van der Waals surface area contributed by atoms with Gasteiger partial charge < -0.3 is 9.64 Å². The maximum atomic E-state index is 11.7. The Morgan fingerprint density at radius 2 is 1.79 bits per heavy atom. The van der Waals surface area contributed by atoms with Crippen LogP contribution in [0.2, 0.25) is 0 Å². The molecule has 0 bridgehead atoms. The molecule has 1 saturated heterocycles. The summed E-state index contributed by atoms with van der Waals surface area (Å²) in [5.74, 6) is 5.83. The number of rotatable bonds is 6. The Labute approximate surface area is 173 Å². The fourth-order valence-electron chi connectivity index (χ4n) is 3.46. The third-order valence-corrected chi connectivity index (χ3v) is 5.18. The Morgan fingerprint density at radius 3 is 2.52 bits per heavy atom. The highest BCUT2D eigenvalue weighted by molar-refractivity contribution is 5.88. The summed E-state index contributed by atoms with van der Waals surface area (Å²) in [6.07, 6.45) is 1.87. The van der Waals surface area contributed by atoms with Crippen molar-refractivity contribution in [3.63, 3.8) is 0 Å². The molecule has 5 nitrogen and oxygen atoms in total. The Kier molecular flexibility index (Phi) is 7.80. The first-order valence-electron chi connectivity index (χ1n) is 10.2. The van der Waals surface area contributed by atoms with Crippen molar-refractivity contribution in [3.8, 4) is 11.8 Å². The summed E-state index contributed by atoms with van der Waals surface area (Å²) < 4.78 is 4.76. The Morgan fingerprint density at radius 1 is 1.07 bits per heavy atom. The quantitative estimate of drug-likeness (QED) is 0.430. The summed E-state index contributed by atoms with van der Waals surface area (Å²) >= 11 is 0. The number of methoxy groups -OCH3 is 1. The fourth-order valence-corrected chi connectivity index (χ4v) is 3.46. The van der Waals surface area contributed by atoms with Crippen LogP contribution < -0.4 is 0 Å². The van der Waals surface area contributed by atoms with E-state index in [0.29, 0.717) is 11.4 Å². The second-order valence-electron chi connectivity index (χ2n) is 7.36. The van der Waals surface area contributed by atoms with Crippen molar-refractivity contribution in [2.75, 3.05) is 39.8 Å². The number of pyridine rings is 1. The molecule has 0 saturated carbocycles. The van der Waals surface area contributed by atoms with Crippen LogP contribution >= 0.6 is 0 Å². The zero-order valence-corrected chi connectivity index (χ0v) is 17.4. The van der Waals surface area contributed by atoms with Gasteiger partial charge in [-0.2, -0.15) is 0 Å². The number of nitrogens with zero attached hydrogens (tertiary/aromatic N) is 3. The number of esters is 1. The number of aromatic nitrogens is 1. The lowest BCUT2D eigenvalue weighted by atomic mass is 10.2. The largest absolute Gasteiger partial charge is 0.464 e. The topological polar surface area (TPSA) is 45.7 Å². The van der Waals surface area contributed by atoms with Gasteiger partial charge in [-0.1, -0.05) is 42.3 Å². The van der Waals surface area contributed by atoms with Crippen LogP contribution in [-0.4, -0.2) is 60.6 Å². The standard InChI is InChI=1S/C24H29N3O2/c1-20-12-13-22(25-23(20)24(28)29-2)11-7-4-8-14-26-15-17-27(18-16-26)19-21-9-5-3-6-10-21/h3,5-6,9-10,12-13H,4,8,14-19H2,1-2H3. The first-order chi connectivity index (χ1) is 14.2. The molecule has 29 heavy (non-hydrogen) atoms. The summed E-state index contributed by atoms with van der Waals surface area (Å²) in [6.45, 7) is 8.41. The Balaban J connectivity index is 1.38. The molecule has 3 rings (SSSR count). The zero-order chi connectivity index (χ0) is 20.5. The first-order valence-corrected chi connectivity index (χ1v) is 10.2. The predicted molar refractivity (Wildman–Crippen MR) is 115 cm³/mol. The number of piperazine rings is 1. The molecule has 1 fully saturated rings. The third-order valence-electron chi connectivity index (χ3n) is 5.18. The van der Waals surface area contributed by atoms with Crippen molar-refractivity contribution in [3.05, 3.63) is 65.0 Å². The van der Waals surface area contributed by atoms with Gasteiger partial charge in [0.1, 0.15) is 5.69 Å². The van der Waals surface area contributed by atoms with Gasteiger partial charge in [0, 0.05) is 39.1 Å². The second-order valence-corrected chi connectivity index (χ2v) is 7.36. The average Bonchev–Trinajstić information content (AvgIpc) is 2.76. The molecule has 0 aliphatic carbocycles. The summed E-state index contributed by atoms with van der Waals surface area (Å²) in [5.41, 5.74) is 3.14. The lowest BCUT2D eigenvalue weighted by Gasteiger charge is -2.34. The molecule has 0 amide bonds. The van der Waals surface area contributed by atoms with Gasteiger partial charge in [-0.25, -0.2) is 9.78 Å². The second kappa shape index (κ2) is 10.8. The molecule has 1 aromatic heterocycles. The van der Waals surface area contributed by atoms with Gasteiger partial charge in [-0.15, -0.1) is 0 Å². The van der Waals surface area contributed by atoms with Gasteiger partial charge in [0.05, 0.1) is 7.11 Å². The maximum Gasteiger partial charge on any atom is 0.356 e. The van der Waals surface area contributed by atoms with E-state index in [2.05, 4.69) is 57.0 Å². The van der Waals surface area contributed by atoms with E-state index in [-0.39, 0.29) is 0 Å². The van der Waals surface area contributed by atoms with Crippen molar-refractivity contribution >= 4 is 5.97 Å². The Bertz CT molecular complexity index is 863. The Hall–Kier alpha value is -2.68. The number of unbranched alkanes of at least 4 members (excludes halogenated alkanes) is 1. The number of hydrogen-bond donors (Lipinski definition) is 0. The van der Waals surface area contributed by atoms with Crippen LogP contribution in [0.15, 0.2) is 42.5 Å². The van der Waals surface area contributed by atoms with Gasteiger partial charge in [-0.05, 0) is 43.0 Å². The van der Waals surface area contributed by atoms with Gasteiger partial charge in [0.25, 0.3) is 0 Å². The minimum Gasteiger partial charge on any atom is -0.464 e. The predicted octanol–water partition coefficient (Wildman–Crippen LogP) is 3.13. The average molecular weight is 392 g/mol. The van der Waals surface area contributed by atoms with Crippen molar-refractivity contribution in [2.45, 2.75) is 26.3 Å². The van der Waals surface area contributed by atoms with Crippen LogP contribution in [0.25, 0.3) is 0 Å². The smallest absolute Gasteiger partial charge is 0.356 e. The van der Waals surface area contributed by atoms with Crippen molar-refractivity contribution in [1.29, 1.82) is 0 Å². The summed E-state index contributed by atoms with van der Waals surface area (Å²) in [6, 6.07) is 14.4. The molecular formula is C24H29N3O2. The zero-order valence-electron chi connectivity index (χ0n) is 17.4. The fraction of sp³-hybridized carbons (Fsp3) is 0.417. The lowest BCUT2D eigenvalue weighted by Crippen LogP contribution is -2.46. The highest BCUT2D eigenvalue weighted by atomic mass is 16.5. The van der Waals surface area contributed by atoms with E-state index in [4.69, 9.17) is 4.74 Å². The van der Waals surface area contributed by atoms with E-state index in [0.717, 1.165) is 57.7 Å².